The van der Waals surface area contributed by atoms with Gasteiger partial charge in [0.2, 0.25) is 0 Å². The van der Waals surface area contributed by atoms with Crippen molar-refractivity contribution in [2.75, 3.05) is 13.2 Å². The fourth-order valence-corrected chi connectivity index (χ4v) is 9.68. The number of ether oxygens (including phenoxy) is 3. The number of hydrogen-bond donors (Lipinski definition) is 0. The fraction of sp³-hybridized carbons (Fsp3) is 0.814. The summed E-state index contributed by atoms with van der Waals surface area (Å²) in [6.45, 7) is 6.62. The molecule has 0 amide bonds. The van der Waals surface area contributed by atoms with Crippen molar-refractivity contribution in [2.24, 2.45) is 0 Å². The van der Waals surface area contributed by atoms with Crippen LogP contribution in [0.15, 0.2) is 60.8 Å². The molecule has 6 heteroatoms. The SMILES string of the molecule is CCCCC/C=C\C/C=C\CCCCCCCC(=O)OCC(COC(=O)CCCCCCCCCCCCCCCCC/C=C\CCCCCCCCCC)OC(=O)CCCCCCC/C=C\C/C=C\CCCCCC. The van der Waals surface area contributed by atoms with E-state index < -0.39 is 6.10 Å². The lowest BCUT2D eigenvalue weighted by Crippen LogP contribution is -2.30. The Morgan fingerprint density at radius 2 is 0.474 bits per heavy atom. The lowest BCUT2D eigenvalue weighted by Gasteiger charge is -2.18. The monoisotopic (exact) mass is 1060 g/mol. The predicted molar refractivity (Wildman–Crippen MR) is 330 cm³/mol. The zero-order chi connectivity index (χ0) is 55.0. The molecule has 0 aliphatic rings. The third kappa shape index (κ3) is 62.0. The van der Waals surface area contributed by atoms with Crippen molar-refractivity contribution >= 4 is 17.9 Å². The zero-order valence-electron chi connectivity index (χ0n) is 50.8. The molecule has 1 atom stereocenters. The molecule has 0 aromatic heterocycles. The van der Waals surface area contributed by atoms with E-state index >= 15 is 0 Å². The summed E-state index contributed by atoms with van der Waals surface area (Å²) in [4.78, 5) is 38.3. The maximum Gasteiger partial charge on any atom is 0.306 e. The average Bonchev–Trinajstić information content (AvgIpc) is 3.42. The molecular formula is C70H126O6. The number of hydrogen-bond acceptors (Lipinski definition) is 6. The first-order valence-corrected chi connectivity index (χ1v) is 33.3. The van der Waals surface area contributed by atoms with E-state index in [-0.39, 0.29) is 31.1 Å². The van der Waals surface area contributed by atoms with Crippen LogP contribution in [0.3, 0.4) is 0 Å². The summed E-state index contributed by atoms with van der Waals surface area (Å²) in [5, 5.41) is 0. The topological polar surface area (TPSA) is 78.9 Å². The molecule has 6 nitrogen and oxygen atoms in total. The van der Waals surface area contributed by atoms with E-state index in [1.54, 1.807) is 0 Å². The maximum atomic E-state index is 12.9. The third-order valence-electron chi connectivity index (χ3n) is 14.7. The highest BCUT2D eigenvalue weighted by Crippen LogP contribution is 2.17. The molecule has 0 rings (SSSR count). The first-order chi connectivity index (χ1) is 37.5. The van der Waals surface area contributed by atoms with E-state index in [1.165, 1.54) is 205 Å². The highest BCUT2D eigenvalue weighted by Gasteiger charge is 2.19. The number of esters is 3. The van der Waals surface area contributed by atoms with Gasteiger partial charge < -0.3 is 14.2 Å². The van der Waals surface area contributed by atoms with E-state index in [0.29, 0.717) is 19.3 Å². The van der Waals surface area contributed by atoms with Crippen LogP contribution >= 0.6 is 0 Å². The smallest absolute Gasteiger partial charge is 0.306 e. The molecule has 1 unspecified atom stereocenters. The van der Waals surface area contributed by atoms with Gasteiger partial charge in [0.25, 0.3) is 0 Å². The standard InChI is InChI=1S/C70H126O6/c1-4-7-10-13-16-19-22-25-28-30-31-32-33-34-35-36-37-38-39-40-43-45-48-51-54-57-60-63-69(72)75-66-67(65-74-68(71)62-59-56-53-50-47-44-41-27-24-21-18-15-12-9-6-3)76-70(73)64-61-58-55-52-49-46-42-29-26-23-20-17-14-11-8-5-2/h18,20-21,23,27,29-31,41-42,67H,4-17,19,22,24-26,28,32-40,43-66H2,1-3H3/b21-18-,23-20-,31-30-,41-27-,42-29-. The summed E-state index contributed by atoms with van der Waals surface area (Å²) >= 11 is 0. The van der Waals surface area contributed by atoms with Crippen molar-refractivity contribution in [3.8, 4) is 0 Å². The van der Waals surface area contributed by atoms with Gasteiger partial charge in [-0.2, -0.15) is 0 Å². The van der Waals surface area contributed by atoms with E-state index in [2.05, 4.69) is 81.5 Å². The molecule has 0 aliphatic carbocycles. The minimum absolute atomic E-state index is 0.0822. The first kappa shape index (κ1) is 73.1. The van der Waals surface area contributed by atoms with Crippen LogP contribution in [0.2, 0.25) is 0 Å². The van der Waals surface area contributed by atoms with Crippen molar-refractivity contribution in [3.05, 3.63) is 60.8 Å². The number of unbranched alkanes of at least 4 members (excludes halogenated alkanes) is 40. The van der Waals surface area contributed by atoms with Crippen molar-refractivity contribution in [1.82, 2.24) is 0 Å². The largest absolute Gasteiger partial charge is 0.462 e. The summed E-state index contributed by atoms with van der Waals surface area (Å²) < 4.78 is 16.9. The van der Waals surface area contributed by atoms with Gasteiger partial charge in [-0.1, -0.05) is 281 Å². The second-order valence-corrected chi connectivity index (χ2v) is 22.4. The van der Waals surface area contributed by atoms with Gasteiger partial charge in [-0.3, -0.25) is 14.4 Å². The minimum atomic E-state index is -0.788. The Hall–Kier alpha value is -2.89. The van der Waals surface area contributed by atoms with Crippen molar-refractivity contribution < 1.29 is 28.6 Å². The van der Waals surface area contributed by atoms with Crippen molar-refractivity contribution in [3.63, 3.8) is 0 Å². The second-order valence-electron chi connectivity index (χ2n) is 22.4. The number of allylic oxidation sites excluding steroid dienone is 10. The summed E-state index contributed by atoms with van der Waals surface area (Å²) in [6.07, 6.45) is 82.4. The normalized spacial score (nSPS) is 12.4. The molecule has 76 heavy (non-hydrogen) atoms. The van der Waals surface area contributed by atoms with E-state index in [9.17, 15) is 14.4 Å². The zero-order valence-corrected chi connectivity index (χ0v) is 50.8. The fourth-order valence-electron chi connectivity index (χ4n) is 9.68. The average molecular weight is 1060 g/mol. The molecule has 0 aliphatic heterocycles. The van der Waals surface area contributed by atoms with E-state index in [0.717, 1.165) is 103 Å². The van der Waals surface area contributed by atoms with Gasteiger partial charge in [-0.15, -0.1) is 0 Å². The predicted octanol–water partition coefficient (Wildman–Crippen LogP) is 22.7. The van der Waals surface area contributed by atoms with Crippen LogP contribution in [0, 0.1) is 0 Å². The Morgan fingerprint density at radius 3 is 0.776 bits per heavy atom. The molecule has 0 saturated carbocycles. The maximum absolute atomic E-state index is 12.9. The van der Waals surface area contributed by atoms with Crippen molar-refractivity contribution in [1.29, 1.82) is 0 Å². The summed E-state index contributed by atoms with van der Waals surface area (Å²) in [5.41, 5.74) is 0. The molecule has 0 heterocycles. The summed E-state index contributed by atoms with van der Waals surface area (Å²) in [5.74, 6) is -0.893. The van der Waals surface area contributed by atoms with E-state index in [1.807, 2.05) is 0 Å². The Labute approximate surface area is 472 Å². The molecule has 0 spiro atoms. The van der Waals surface area contributed by atoms with Crippen LogP contribution in [0.1, 0.15) is 348 Å². The molecule has 0 bridgehead atoms. The Bertz CT molecular complexity index is 1360. The summed E-state index contributed by atoms with van der Waals surface area (Å²) in [6, 6.07) is 0. The van der Waals surface area contributed by atoms with Crippen LogP contribution in [0.5, 0.6) is 0 Å². The highest BCUT2D eigenvalue weighted by molar-refractivity contribution is 5.71. The Morgan fingerprint density at radius 1 is 0.263 bits per heavy atom. The highest BCUT2D eigenvalue weighted by atomic mass is 16.6. The molecule has 0 N–H and O–H groups in total. The Balaban J connectivity index is 4.27. The van der Waals surface area contributed by atoms with Crippen LogP contribution in [-0.2, 0) is 28.6 Å². The lowest BCUT2D eigenvalue weighted by atomic mass is 10.0. The molecular weight excluding hydrogens is 937 g/mol. The van der Waals surface area contributed by atoms with Gasteiger partial charge >= 0.3 is 17.9 Å². The first-order valence-electron chi connectivity index (χ1n) is 33.3. The molecule has 0 aromatic rings. The second kappa shape index (κ2) is 64.6. The minimum Gasteiger partial charge on any atom is -0.462 e. The van der Waals surface area contributed by atoms with Gasteiger partial charge in [-0.25, -0.2) is 0 Å². The Kier molecular flexibility index (Phi) is 62.2. The molecule has 0 aromatic carbocycles. The third-order valence-corrected chi connectivity index (χ3v) is 14.7. The lowest BCUT2D eigenvalue weighted by molar-refractivity contribution is -0.167. The van der Waals surface area contributed by atoms with Crippen LogP contribution in [0.25, 0.3) is 0 Å². The van der Waals surface area contributed by atoms with Crippen molar-refractivity contribution in [2.45, 2.75) is 354 Å². The summed E-state index contributed by atoms with van der Waals surface area (Å²) in [7, 11) is 0. The van der Waals surface area contributed by atoms with Gasteiger partial charge in [0.1, 0.15) is 13.2 Å². The molecule has 442 valence electrons. The van der Waals surface area contributed by atoms with E-state index in [4.69, 9.17) is 14.2 Å². The van der Waals surface area contributed by atoms with Gasteiger partial charge in [0.15, 0.2) is 6.10 Å². The van der Waals surface area contributed by atoms with Crippen LogP contribution in [0.4, 0.5) is 0 Å². The number of rotatable bonds is 61. The quantitative estimate of drug-likeness (QED) is 0.0261. The molecule has 0 saturated heterocycles. The number of carbonyl (C=O) groups is 3. The number of carbonyl (C=O) groups excluding carboxylic acids is 3. The van der Waals surface area contributed by atoms with Crippen LogP contribution < -0.4 is 0 Å². The van der Waals surface area contributed by atoms with Crippen LogP contribution in [-0.4, -0.2) is 37.2 Å². The van der Waals surface area contributed by atoms with Gasteiger partial charge in [-0.05, 0) is 109 Å². The molecule has 0 radical (unpaired) electrons. The van der Waals surface area contributed by atoms with Gasteiger partial charge in [0, 0.05) is 19.3 Å². The molecule has 0 fully saturated rings. The van der Waals surface area contributed by atoms with Gasteiger partial charge in [0.05, 0.1) is 0 Å².